The van der Waals surface area contributed by atoms with Gasteiger partial charge in [0.1, 0.15) is 11.5 Å². The first kappa shape index (κ1) is 16.9. The standard InChI is InChI=1S/C19H16O5S/c1-22-16-13-11-15(12-14-16)18-9-5-6-10-19(18)24-25(20,21)23-17-7-3-2-4-8-17/h2-14H,1H3. The van der Waals surface area contributed by atoms with Crippen molar-refractivity contribution in [2.45, 2.75) is 0 Å². The topological polar surface area (TPSA) is 61.8 Å². The fraction of sp³-hybridized carbons (Fsp3) is 0.0526. The number of hydrogen-bond donors (Lipinski definition) is 0. The highest BCUT2D eigenvalue weighted by atomic mass is 32.3. The normalized spacial score (nSPS) is 10.9. The minimum absolute atomic E-state index is 0.184. The molecule has 0 aromatic heterocycles. The Morgan fingerprint density at radius 1 is 0.680 bits per heavy atom. The maximum Gasteiger partial charge on any atom is 0.501 e. The van der Waals surface area contributed by atoms with Crippen LogP contribution in [0.1, 0.15) is 0 Å². The zero-order chi connectivity index (χ0) is 17.7. The van der Waals surface area contributed by atoms with Gasteiger partial charge in [0.25, 0.3) is 0 Å². The molecule has 0 unspecified atom stereocenters. The predicted octanol–water partition coefficient (Wildman–Crippen LogP) is 4.06. The van der Waals surface area contributed by atoms with Crippen LogP contribution in [0.2, 0.25) is 0 Å². The van der Waals surface area contributed by atoms with Gasteiger partial charge in [-0.2, -0.15) is 0 Å². The molecule has 6 heteroatoms. The Hall–Kier alpha value is -2.99. The van der Waals surface area contributed by atoms with Crippen molar-refractivity contribution in [3.05, 3.63) is 78.9 Å². The largest absolute Gasteiger partial charge is 0.501 e. The van der Waals surface area contributed by atoms with Crippen molar-refractivity contribution in [2.75, 3.05) is 7.11 Å². The van der Waals surface area contributed by atoms with E-state index in [-0.39, 0.29) is 11.5 Å². The average Bonchev–Trinajstić information content (AvgIpc) is 2.62. The minimum atomic E-state index is -4.26. The molecule has 0 aliphatic carbocycles. The highest BCUT2D eigenvalue weighted by Crippen LogP contribution is 2.32. The number of rotatable bonds is 6. The SMILES string of the molecule is COc1ccc(-c2ccccc2OS(=O)(=O)Oc2ccccc2)cc1. The van der Waals surface area contributed by atoms with Crippen LogP contribution in [0, 0.1) is 0 Å². The summed E-state index contributed by atoms with van der Waals surface area (Å²) in [6, 6.07) is 22.3. The summed E-state index contributed by atoms with van der Waals surface area (Å²) >= 11 is 0. The van der Waals surface area contributed by atoms with E-state index in [2.05, 4.69) is 0 Å². The molecule has 5 nitrogen and oxygen atoms in total. The van der Waals surface area contributed by atoms with Crippen LogP contribution in [0.25, 0.3) is 11.1 Å². The Morgan fingerprint density at radius 3 is 2.00 bits per heavy atom. The van der Waals surface area contributed by atoms with Crippen molar-refractivity contribution in [1.82, 2.24) is 0 Å². The van der Waals surface area contributed by atoms with Crippen molar-refractivity contribution in [3.8, 4) is 28.4 Å². The summed E-state index contributed by atoms with van der Waals surface area (Å²) < 4.78 is 39.6. The van der Waals surface area contributed by atoms with Gasteiger partial charge < -0.3 is 13.1 Å². The van der Waals surface area contributed by atoms with Crippen LogP contribution in [0.3, 0.4) is 0 Å². The van der Waals surface area contributed by atoms with E-state index in [1.54, 1.807) is 61.7 Å². The molecule has 0 N–H and O–H groups in total. The molecule has 0 bridgehead atoms. The Morgan fingerprint density at radius 2 is 1.32 bits per heavy atom. The molecule has 0 spiro atoms. The molecule has 0 aliphatic rings. The lowest BCUT2D eigenvalue weighted by Gasteiger charge is -2.12. The summed E-state index contributed by atoms with van der Waals surface area (Å²) in [5.74, 6) is 1.08. The summed E-state index contributed by atoms with van der Waals surface area (Å²) in [6.45, 7) is 0. The first-order valence-corrected chi connectivity index (χ1v) is 8.83. The van der Waals surface area contributed by atoms with Crippen LogP contribution in [0.4, 0.5) is 0 Å². The van der Waals surface area contributed by atoms with Crippen molar-refractivity contribution < 1.29 is 21.5 Å². The van der Waals surface area contributed by atoms with E-state index in [9.17, 15) is 8.42 Å². The summed E-state index contributed by atoms with van der Waals surface area (Å²) in [5.41, 5.74) is 1.43. The van der Waals surface area contributed by atoms with Crippen molar-refractivity contribution in [2.24, 2.45) is 0 Å². The van der Waals surface area contributed by atoms with Crippen LogP contribution in [0.15, 0.2) is 78.9 Å². The van der Waals surface area contributed by atoms with Crippen LogP contribution in [-0.4, -0.2) is 15.5 Å². The number of ether oxygens (including phenoxy) is 1. The van der Waals surface area contributed by atoms with Gasteiger partial charge in [-0.25, -0.2) is 0 Å². The predicted molar refractivity (Wildman–Crippen MR) is 95.0 cm³/mol. The molecule has 3 rings (SSSR count). The molecule has 3 aromatic rings. The van der Waals surface area contributed by atoms with Gasteiger partial charge in [-0.15, -0.1) is 8.42 Å². The molecule has 128 valence electrons. The molecule has 0 atom stereocenters. The molecule has 3 aromatic carbocycles. The second kappa shape index (κ2) is 7.27. The van der Waals surface area contributed by atoms with E-state index in [1.807, 2.05) is 12.1 Å². The number of hydrogen-bond acceptors (Lipinski definition) is 5. The van der Waals surface area contributed by atoms with Gasteiger partial charge in [0.2, 0.25) is 0 Å². The summed E-state index contributed by atoms with van der Waals surface area (Å²) in [7, 11) is -2.67. The van der Waals surface area contributed by atoms with Crippen LogP contribution in [-0.2, 0) is 10.4 Å². The van der Waals surface area contributed by atoms with Gasteiger partial charge in [-0.05, 0) is 35.9 Å². The first-order chi connectivity index (χ1) is 12.1. The van der Waals surface area contributed by atoms with E-state index in [0.717, 1.165) is 5.56 Å². The third-order valence-corrected chi connectivity index (χ3v) is 4.20. The highest BCUT2D eigenvalue weighted by Gasteiger charge is 2.18. The fourth-order valence-corrected chi connectivity index (χ4v) is 3.02. The van der Waals surface area contributed by atoms with E-state index in [0.29, 0.717) is 11.3 Å². The molecule has 0 aliphatic heterocycles. The second-order valence-electron chi connectivity index (χ2n) is 5.11. The Labute approximate surface area is 146 Å². The quantitative estimate of drug-likeness (QED) is 0.666. The minimum Gasteiger partial charge on any atom is -0.497 e. The smallest absolute Gasteiger partial charge is 0.497 e. The molecular formula is C19H16O5S. The third kappa shape index (κ3) is 4.30. The van der Waals surface area contributed by atoms with Gasteiger partial charge in [0.15, 0.2) is 5.75 Å². The number of benzene rings is 3. The number of methoxy groups -OCH3 is 1. The van der Waals surface area contributed by atoms with Gasteiger partial charge in [-0.1, -0.05) is 48.5 Å². The molecule has 0 fully saturated rings. The van der Waals surface area contributed by atoms with Gasteiger partial charge in [0.05, 0.1) is 7.11 Å². The third-order valence-electron chi connectivity index (χ3n) is 3.42. The molecule has 0 saturated heterocycles. The molecule has 0 heterocycles. The molecular weight excluding hydrogens is 340 g/mol. The lowest BCUT2D eigenvalue weighted by atomic mass is 10.0. The van der Waals surface area contributed by atoms with Crippen LogP contribution < -0.4 is 13.1 Å². The first-order valence-electron chi connectivity index (χ1n) is 7.50. The monoisotopic (exact) mass is 356 g/mol. The van der Waals surface area contributed by atoms with Crippen LogP contribution in [0.5, 0.6) is 17.2 Å². The van der Waals surface area contributed by atoms with Crippen LogP contribution >= 0.6 is 0 Å². The van der Waals surface area contributed by atoms with Gasteiger partial charge >= 0.3 is 10.4 Å². The zero-order valence-corrected chi connectivity index (χ0v) is 14.3. The van der Waals surface area contributed by atoms with E-state index in [4.69, 9.17) is 13.1 Å². The lowest BCUT2D eigenvalue weighted by Crippen LogP contribution is -2.16. The van der Waals surface area contributed by atoms with Gasteiger partial charge in [0, 0.05) is 5.56 Å². The molecule has 0 amide bonds. The van der Waals surface area contributed by atoms with E-state index < -0.39 is 10.4 Å². The number of para-hydroxylation sites is 2. The van der Waals surface area contributed by atoms with Gasteiger partial charge in [-0.3, -0.25) is 0 Å². The molecule has 0 saturated carbocycles. The summed E-state index contributed by atoms with van der Waals surface area (Å²) in [4.78, 5) is 0. The highest BCUT2D eigenvalue weighted by molar-refractivity contribution is 7.82. The summed E-state index contributed by atoms with van der Waals surface area (Å²) in [5, 5.41) is 0. The van der Waals surface area contributed by atoms with Crippen molar-refractivity contribution >= 4 is 10.4 Å². The average molecular weight is 356 g/mol. The molecule has 25 heavy (non-hydrogen) atoms. The Kier molecular flexibility index (Phi) is 4.90. The maximum atomic E-state index is 12.2. The maximum absolute atomic E-state index is 12.2. The van der Waals surface area contributed by atoms with Crippen molar-refractivity contribution in [1.29, 1.82) is 0 Å². The lowest BCUT2D eigenvalue weighted by molar-refractivity contribution is 0.393. The second-order valence-corrected chi connectivity index (χ2v) is 6.26. The Bertz CT molecular complexity index is 935. The van der Waals surface area contributed by atoms with Crippen molar-refractivity contribution in [3.63, 3.8) is 0 Å². The fourth-order valence-electron chi connectivity index (χ4n) is 2.27. The Balaban J connectivity index is 1.87. The van der Waals surface area contributed by atoms with E-state index in [1.165, 1.54) is 12.1 Å². The molecule has 0 radical (unpaired) electrons. The zero-order valence-electron chi connectivity index (χ0n) is 13.5. The van der Waals surface area contributed by atoms with E-state index >= 15 is 0 Å². The summed E-state index contributed by atoms with van der Waals surface area (Å²) in [6.07, 6.45) is 0.